The van der Waals surface area contributed by atoms with Crippen LogP contribution in [0.2, 0.25) is 0 Å². The first-order valence-corrected chi connectivity index (χ1v) is 7.14. The number of halogens is 5. The molecule has 0 saturated heterocycles. The number of rotatable bonds is 5. The number of hydrogen-bond acceptors (Lipinski definition) is 1. The second-order valence-electron chi connectivity index (χ2n) is 4.22. The molecule has 118 valence electrons. The summed E-state index contributed by atoms with van der Waals surface area (Å²) in [4.78, 5) is 4.07. The fourth-order valence-electron chi connectivity index (χ4n) is 1.49. The molecule has 0 radical (unpaired) electrons. The zero-order valence-corrected chi connectivity index (χ0v) is 13.0. The highest BCUT2D eigenvalue weighted by Crippen LogP contribution is 2.18. The average Bonchev–Trinajstić information content (AvgIpc) is 2.38. The molecule has 0 amide bonds. The van der Waals surface area contributed by atoms with Gasteiger partial charge >= 0.3 is 6.18 Å². The van der Waals surface area contributed by atoms with Crippen LogP contribution in [0, 0.1) is 5.82 Å². The number of guanidine groups is 1. The average molecular weight is 370 g/mol. The highest BCUT2D eigenvalue weighted by Gasteiger charge is 2.26. The van der Waals surface area contributed by atoms with Crippen molar-refractivity contribution < 1.29 is 17.6 Å². The Morgan fingerprint density at radius 2 is 2.00 bits per heavy atom. The van der Waals surface area contributed by atoms with E-state index in [1.54, 1.807) is 19.1 Å². The first-order valence-electron chi connectivity index (χ1n) is 6.34. The predicted molar refractivity (Wildman–Crippen MR) is 77.6 cm³/mol. The Morgan fingerprint density at radius 1 is 1.29 bits per heavy atom. The number of nitrogens with zero attached hydrogens (tertiary/aromatic N) is 1. The summed E-state index contributed by atoms with van der Waals surface area (Å²) >= 11 is 3.23. The molecule has 0 aliphatic heterocycles. The van der Waals surface area contributed by atoms with Crippen molar-refractivity contribution in [3.05, 3.63) is 34.1 Å². The van der Waals surface area contributed by atoms with Crippen LogP contribution in [0.4, 0.5) is 17.6 Å². The summed E-state index contributed by atoms with van der Waals surface area (Å²) in [5.41, 5.74) is 0.359. The minimum atomic E-state index is -4.22. The van der Waals surface area contributed by atoms with Crippen LogP contribution in [0.15, 0.2) is 27.7 Å². The molecule has 0 aliphatic rings. The van der Waals surface area contributed by atoms with E-state index in [1.807, 2.05) is 0 Å². The van der Waals surface area contributed by atoms with E-state index in [4.69, 9.17) is 0 Å². The summed E-state index contributed by atoms with van der Waals surface area (Å²) in [6.07, 6.45) is -5.18. The summed E-state index contributed by atoms with van der Waals surface area (Å²) in [5.74, 6) is -0.186. The fraction of sp³-hybridized carbons (Fsp3) is 0.462. The van der Waals surface area contributed by atoms with Gasteiger partial charge in [0.25, 0.3) is 0 Å². The molecule has 0 unspecified atom stereocenters. The van der Waals surface area contributed by atoms with Gasteiger partial charge in [-0.2, -0.15) is 13.2 Å². The monoisotopic (exact) mass is 369 g/mol. The van der Waals surface area contributed by atoms with Gasteiger partial charge < -0.3 is 10.6 Å². The Labute approximate surface area is 129 Å². The lowest BCUT2D eigenvalue weighted by Crippen LogP contribution is -2.38. The van der Waals surface area contributed by atoms with Gasteiger partial charge in [-0.15, -0.1) is 0 Å². The lowest BCUT2D eigenvalue weighted by atomic mass is 10.2. The summed E-state index contributed by atoms with van der Waals surface area (Å²) in [6, 6.07) is 4.45. The summed E-state index contributed by atoms with van der Waals surface area (Å²) in [6.45, 7) is 2.04. The highest BCUT2D eigenvalue weighted by atomic mass is 79.9. The Hall–Kier alpha value is -1.31. The molecule has 0 aliphatic carbocycles. The first-order chi connectivity index (χ1) is 9.81. The lowest BCUT2D eigenvalue weighted by molar-refractivity contribution is -0.132. The van der Waals surface area contributed by atoms with Crippen molar-refractivity contribution in [1.29, 1.82) is 0 Å². The van der Waals surface area contributed by atoms with E-state index in [2.05, 4.69) is 31.6 Å². The second-order valence-corrected chi connectivity index (χ2v) is 5.14. The molecule has 0 fully saturated rings. The predicted octanol–water partition coefficient (Wildman–Crippen LogP) is 3.60. The molecule has 0 bridgehead atoms. The van der Waals surface area contributed by atoms with Crippen molar-refractivity contribution in [3.8, 4) is 0 Å². The van der Waals surface area contributed by atoms with Crippen LogP contribution in [0.3, 0.4) is 0 Å². The van der Waals surface area contributed by atoms with E-state index in [1.165, 1.54) is 6.07 Å². The number of nitrogens with one attached hydrogen (secondary N) is 2. The Kier molecular flexibility index (Phi) is 6.94. The number of hydrogen-bond donors (Lipinski definition) is 2. The molecule has 21 heavy (non-hydrogen) atoms. The van der Waals surface area contributed by atoms with Gasteiger partial charge in [-0.25, -0.2) is 9.38 Å². The van der Waals surface area contributed by atoms with E-state index in [0.717, 1.165) is 0 Å². The quantitative estimate of drug-likeness (QED) is 0.472. The van der Waals surface area contributed by atoms with Crippen molar-refractivity contribution >= 4 is 21.9 Å². The third-order valence-electron chi connectivity index (χ3n) is 2.46. The summed E-state index contributed by atoms with van der Waals surface area (Å²) in [7, 11) is 0. The second kappa shape index (κ2) is 8.21. The molecule has 3 nitrogen and oxygen atoms in total. The highest BCUT2D eigenvalue weighted by molar-refractivity contribution is 9.10. The first kappa shape index (κ1) is 17.7. The molecule has 2 N–H and O–H groups in total. The molecule has 0 saturated carbocycles. The molecule has 1 rings (SSSR count). The fourth-order valence-corrected chi connectivity index (χ4v) is 1.90. The van der Waals surface area contributed by atoms with Gasteiger partial charge in [-0.1, -0.05) is 15.9 Å². The third kappa shape index (κ3) is 7.31. The standard InChI is InChI=1S/C13H16BrF4N3/c1-2-19-12(20-6-5-13(16,17)18)21-8-9-7-10(14)3-4-11(9)15/h3-4,7H,2,5-6,8H2,1H3,(H2,19,20,21). The van der Waals surface area contributed by atoms with Crippen LogP contribution in [-0.2, 0) is 6.54 Å². The normalized spacial score (nSPS) is 12.4. The van der Waals surface area contributed by atoms with E-state index >= 15 is 0 Å². The molecule has 1 aromatic carbocycles. The minimum absolute atomic E-state index is 0.0343. The maximum Gasteiger partial charge on any atom is 0.390 e. The van der Waals surface area contributed by atoms with E-state index < -0.39 is 18.4 Å². The zero-order chi connectivity index (χ0) is 15.9. The van der Waals surface area contributed by atoms with Gasteiger partial charge in [0.1, 0.15) is 5.82 Å². The molecule has 0 aromatic heterocycles. The van der Waals surface area contributed by atoms with E-state index in [0.29, 0.717) is 16.6 Å². The summed E-state index contributed by atoms with van der Waals surface area (Å²) in [5, 5.41) is 5.38. The largest absolute Gasteiger partial charge is 0.390 e. The van der Waals surface area contributed by atoms with Crippen molar-refractivity contribution in [3.63, 3.8) is 0 Å². The Bertz CT molecular complexity index is 489. The van der Waals surface area contributed by atoms with Crippen LogP contribution >= 0.6 is 15.9 Å². The minimum Gasteiger partial charge on any atom is -0.357 e. The SMILES string of the molecule is CCNC(=NCc1cc(Br)ccc1F)NCCC(F)(F)F. The van der Waals surface area contributed by atoms with E-state index in [-0.39, 0.29) is 19.0 Å². The Morgan fingerprint density at radius 3 is 2.62 bits per heavy atom. The molecule has 0 spiro atoms. The number of aliphatic imine (C=N–C) groups is 1. The van der Waals surface area contributed by atoms with E-state index in [9.17, 15) is 17.6 Å². The van der Waals surface area contributed by atoms with Crippen LogP contribution < -0.4 is 10.6 Å². The Balaban J connectivity index is 2.64. The topological polar surface area (TPSA) is 36.4 Å². The molecule has 0 atom stereocenters. The van der Waals surface area contributed by atoms with Crippen molar-refractivity contribution in [1.82, 2.24) is 10.6 Å². The van der Waals surface area contributed by atoms with Crippen LogP contribution in [-0.4, -0.2) is 25.2 Å². The van der Waals surface area contributed by atoms with Gasteiger partial charge in [0.05, 0.1) is 13.0 Å². The van der Waals surface area contributed by atoms with Gasteiger partial charge in [0.2, 0.25) is 0 Å². The number of benzene rings is 1. The molecular weight excluding hydrogens is 354 g/mol. The molecule has 8 heteroatoms. The lowest BCUT2D eigenvalue weighted by Gasteiger charge is -2.12. The molecule has 1 aromatic rings. The van der Waals surface area contributed by atoms with Gasteiger partial charge in [0, 0.05) is 23.1 Å². The van der Waals surface area contributed by atoms with Crippen molar-refractivity contribution in [2.24, 2.45) is 4.99 Å². The third-order valence-corrected chi connectivity index (χ3v) is 2.95. The summed E-state index contributed by atoms with van der Waals surface area (Å²) < 4.78 is 50.5. The molecular formula is C13H16BrF4N3. The van der Waals surface area contributed by atoms with Gasteiger partial charge in [-0.05, 0) is 25.1 Å². The van der Waals surface area contributed by atoms with Gasteiger partial charge in [0.15, 0.2) is 5.96 Å². The van der Waals surface area contributed by atoms with Gasteiger partial charge in [-0.3, -0.25) is 0 Å². The van der Waals surface area contributed by atoms with Crippen LogP contribution in [0.25, 0.3) is 0 Å². The zero-order valence-electron chi connectivity index (χ0n) is 11.4. The van der Waals surface area contributed by atoms with Crippen LogP contribution in [0.5, 0.6) is 0 Å². The molecule has 0 heterocycles. The maximum absolute atomic E-state index is 13.5. The number of alkyl halides is 3. The van der Waals surface area contributed by atoms with Crippen molar-refractivity contribution in [2.75, 3.05) is 13.1 Å². The van der Waals surface area contributed by atoms with Crippen molar-refractivity contribution in [2.45, 2.75) is 26.1 Å². The smallest absolute Gasteiger partial charge is 0.357 e. The maximum atomic E-state index is 13.5. The van der Waals surface area contributed by atoms with Crippen LogP contribution in [0.1, 0.15) is 18.9 Å².